The highest BCUT2D eigenvalue weighted by Gasteiger charge is 2.42. The molecule has 3 unspecified atom stereocenters. The third-order valence-corrected chi connectivity index (χ3v) is 5.24. The molecule has 1 aliphatic carbocycles. The molecular weight excluding hydrogens is 250 g/mol. The predicted molar refractivity (Wildman–Crippen MR) is 82.5 cm³/mol. The standard InChI is InChI=1S/C16H31N3O/c1-4-18(5-2)14-8-10-19(12-14)15(20)16(17)9-6-7-13(3)11-16/h13-14H,4-12,17H2,1-3H3. The first kappa shape index (κ1) is 15.8. The Morgan fingerprint density at radius 2 is 2.05 bits per heavy atom. The van der Waals surface area contributed by atoms with Crippen LogP contribution in [0.15, 0.2) is 0 Å². The second-order valence-electron chi connectivity index (χ2n) is 6.77. The molecule has 20 heavy (non-hydrogen) atoms. The summed E-state index contributed by atoms with van der Waals surface area (Å²) in [6, 6.07) is 0.526. The molecule has 0 aromatic heterocycles. The lowest BCUT2D eigenvalue weighted by Gasteiger charge is -2.38. The smallest absolute Gasteiger partial charge is 0.242 e. The van der Waals surface area contributed by atoms with Crippen molar-refractivity contribution in [3.05, 3.63) is 0 Å². The second-order valence-corrected chi connectivity index (χ2v) is 6.77. The largest absolute Gasteiger partial charge is 0.339 e. The molecular formula is C16H31N3O. The van der Waals surface area contributed by atoms with Gasteiger partial charge in [0.25, 0.3) is 0 Å². The van der Waals surface area contributed by atoms with E-state index in [4.69, 9.17) is 5.73 Å². The van der Waals surface area contributed by atoms with Gasteiger partial charge in [-0.25, -0.2) is 0 Å². The molecule has 116 valence electrons. The third-order valence-electron chi connectivity index (χ3n) is 5.24. The summed E-state index contributed by atoms with van der Waals surface area (Å²) in [5, 5.41) is 0. The fourth-order valence-electron chi connectivity index (χ4n) is 4.07. The zero-order chi connectivity index (χ0) is 14.8. The molecule has 0 aromatic carbocycles. The Balaban J connectivity index is 1.97. The van der Waals surface area contributed by atoms with Gasteiger partial charge in [0.1, 0.15) is 0 Å². The van der Waals surface area contributed by atoms with Crippen LogP contribution in [-0.2, 0) is 4.79 Å². The average Bonchev–Trinajstić information content (AvgIpc) is 2.88. The van der Waals surface area contributed by atoms with Crippen molar-refractivity contribution in [2.24, 2.45) is 11.7 Å². The van der Waals surface area contributed by atoms with Crippen LogP contribution >= 0.6 is 0 Å². The van der Waals surface area contributed by atoms with Crippen molar-refractivity contribution in [3.63, 3.8) is 0 Å². The van der Waals surface area contributed by atoms with E-state index in [0.717, 1.165) is 51.9 Å². The van der Waals surface area contributed by atoms with Gasteiger partial charge >= 0.3 is 0 Å². The van der Waals surface area contributed by atoms with Crippen molar-refractivity contribution in [1.29, 1.82) is 0 Å². The van der Waals surface area contributed by atoms with Crippen LogP contribution in [0.3, 0.4) is 0 Å². The SMILES string of the molecule is CCN(CC)C1CCN(C(=O)C2(N)CCCC(C)C2)C1. The Hall–Kier alpha value is -0.610. The number of hydrogen-bond acceptors (Lipinski definition) is 3. The van der Waals surface area contributed by atoms with Crippen LogP contribution < -0.4 is 5.73 Å². The van der Waals surface area contributed by atoms with Crippen LogP contribution in [0.25, 0.3) is 0 Å². The van der Waals surface area contributed by atoms with E-state index in [1.165, 1.54) is 6.42 Å². The molecule has 1 amide bonds. The van der Waals surface area contributed by atoms with Crippen molar-refractivity contribution in [1.82, 2.24) is 9.80 Å². The average molecular weight is 281 g/mol. The first-order valence-corrected chi connectivity index (χ1v) is 8.32. The highest BCUT2D eigenvalue weighted by atomic mass is 16.2. The monoisotopic (exact) mass is 281 g/mol. The van der Waals surface area contributed by atoms with Gasteiger partial charge in [0, 0.05) is 19.1 Å². The first-order chi connectivity index (χ1) is 9.50. The molecule has 2 aliphatic rings. The van der Waals surface area contributed by atoms with Crippen LogP contribution in [0.5, 0.6) is 0 Å². The van der Waals surface area contributed by atoms with Crippen molar-refractivity contribution in [3.8, 4) is 0 Å². The Labute approximate surface area is 123 Å². The van der Waals surface area contributed by atoms with E-state index in [9.17, 15) is 4.79 Å². The van der Waals surface area contributed by atoms with Crippen molar-refractivity contribution in [2.45, 2.75) is 64.5 Å². The Morgan fingerprint density at radius 1 is 1.35 bits per heavy atom. The summed E-state index contributed by atoms with van der Waals surface area (Å²) in [6.07, 6.45) is 5.13. The molecule has 3 atom stereocenters. The van der Waals surface area contributed by atoms with Crippen molar-refractivity contribution < 1.29 is 4.79 Å². The van der Waals surface area contributed by atoms with Crippen LogP contribution in [0, 0.1) is 5.92 Å². The highest BCUT2D eigenvalue weighted by molar-refractivity contribution is 5.86. The predicted octanol–water partition coefficient (Wildman–Crippen LogP) is 1.84. The fourth-order valence-corrected chi connectivity index (χ4v) is 4.07. The zero-order valence-corrected chi connectivity index (χ0v) is 13.4. The van der Waals surface area contributed by atoms with Gasteiger partial charge in [0.2, 0.25) is 5.91 Å². The van der Waals surface area contributed by atoms with E-state index in [0.29, 0.717) is 12.0 Å². The van der Waals surface area contributed by atoms with E-state index in [1.807, 2.05) is 4.90 Å². The van der Waals surface area contributed by atoms with Crippen LogP contribution in [0.4, 0.5) is 0 Å². The molecule has 0 aromatic rings. The molecule has 0 spiro atoms. The van der Waals surface area contributed by atoms with Gasteiger partial charge in [-0.15, -0.1) is 0 Å². The van der Waals surface area contributed by atoms with Gasteiger partial charge in [-0.2, -0.15) is 0 Å². The molecule has 1 heterocycles. The molecule has 1 saturated heterocycles. The highest BCUT2D eigenvalue weighted by Crippen LogP contribution is 2.32. The Bertz CT molecular complexity index is 343. The number of amides is 1. The van der Waals surface area contributed by atoms with E-state index in [-0.39, 0.29) is 5.91 Å². The molecule has 4 heteroatoms. The summed E-state index contributed by atoms with van der Waals surface area (Å²) < 4.78 is 0. The zero-order valence-electron chi connectivity index (χ0n) is 13.4. The number of nitrogens with zero attached hydrogens (tertiary/aromatic N) is 2. The molecule has 0 radical (unpaired) electrons. The quantitative estimate of drug-likeness (QED) is 0.855. The number of carbonyl (C=O) groups is 1. The van der Waals surface area contributed by atoms with Gasteiger partial charge in [0.15, 0.2) is 0 Å². The molecule has 2 rings (SSSR count). The summed E-state index contributed by atoms with van der Waals surface area (Å²) in [5.74, 6) is 0.789. The Kier molecular flexibility index (Phi) is 5.08. The Morgan fingerprint density at radius 3 is 2.65 bits per heavy atom. The summed E-state index contributed by atoms with van der Waals surface area (Å²) in [4.78, 5) is 17.3. The van der Waals surface area contributed by atoms with Crippen LogP contribution in [0.2, 0.25) is 0 Å². The maximum Gasteiger partial charge on any atom is 0.242 e. The summed E-state index contributed by atoms with van der Waals surface area (Å²) in [5.41, 5.74) is 5.87. The maximum absolute atomic E-state index is 12.8. The minimum Gasteiger partial charge on any atom is -0.339 e. The van der Waals surface area contributed by atoms with E-state index in [1.54, 1.807) is 0 Å². The number of nitrogens with two attached hydrogens (primary N) is 1. The van der Waals surface area contributed by atoms with Gasteiger partial charge in [-0.3, -0.25) is 9.69 Å². The lowest BCUT2D eigenvalue weighted by Crippen LogP contribution is -2.57. The van der Waals surface area contributed by atoms with Gasteiger partial charge in [0.05, 0.1) is 5.54 Å². The lowest BCUT2D eigenvalue weighted by molar-refractivity contribution is -0.138. The topological polar surface area (TPSA) is 49.6 Å². The minimum absolute atomic E-state index is 0.207. The van der Waals surface area contributed by atoms with Crippen LogP contribution in [-0.4, -0.2) is 53.5 Å². The summed E-state index contributed by atoms with van der Waals surface area (Å²) in [7, 11) is 0. The third kappa shape index (κ3) is 3.17. The first-order valence-electron chi connectivity index (χ1n) is 8.32. The summed E-state index contributed by atoms with van der Waals surface area (Å²) >= 11 is 0. The minimum atomic E-state index is -0.587. The van der Waals surface area contributed by atoms with Crippen molar-refractivity contribution in [2.75, 3.05) is 26.2 Å². The maximum atomic E-state index is 12.8. The molecule has 2 N–H and O–H groups in total. The normalized spacial score (nSPS) is 34.8. The molecule has 0 bridgehead atoms. The fraction of sp³-hybridized carbons (Fsp3) is 0.938. The number of likely N-dealkylation sites (tertiary alicyclic amines) is 1. The molecule has 1 saturated carbocycles. The van der Waals surface area contributed by atoms with E-state index >= 15 is 0 Å². The van der Waals surface area contributed by atoms with Crippen molar-refractivity contribution >= 4 is 5.91 Å². The lowest BCUT2D eigenvalue weighted by atomic mass is 9.76. The van der Waals surface area contributed by atoms with E-state index < -0.39 is 5.54 Å². The number of likely N-dealkylation sites (N-methyl/N-ethyl adjacent to an activating group) is 1. The number of rotatable bonds is 4. The van der Waals surface area contributed by atoms with Crippen LogP contribution in [0.1, 0.15) is 52.9 Å². The summed E-state index contributed by atoms with van der Waals surface area (Å²) in [6.45, 7) is 10.5. The second kappa shape index (κ2) is 6.44. The molecule has 4 nitrogen and oxygen atoms in total. The van der Waals surface area contributed by atoms with Gasteiger partial charge in [-0.05, 0) is 38.3 Å². The number of hydrogen-bond donors (Lipinski definition) is 1. The van der Waals surface area contributed by atoms with E-state index in [2.05, 4.69) is 25.7 Å². The van der Waals surface area contributed by atoms with Gasteiger partial charge < -0.3 is 10.6 Å². The molecule has 2 fully saturated rings. The molecule has 1 aliphatic heterocycles. The van der Waals surface area contributed by atoms with Gasteiger partial charge in [-0.1, -0.05) is 33.6 Å². The number of carbonyl (C=O) groups excluding carboxylic acids is 1.